The molecule has 0 N–H and O–H groups in total. The van der Waals surface area contributed by atoms with Crippen molar-refractivity contribution in [2.45, 2.75) is 47.0 Å². The fraction of sp³-hybridized carbons (Fsp3) is 1.00. The van der Waals surface area contributed by atoms with Gasteiger partial charge in [-0.05, 0) is 36.5 Å². The highest BCUT2D eigenvalue weighted by molar-refractivity contribution is 4.81. The zero-order valence-corrected chi connectivity index (χ0v) is 8.43. The summed E-state index contributed by atoms with van der Waals surface area (Å²) in [6.07, 6.45) is 4.31. The first kappa shape index (κ1) is 9.09. The lowest BCUT2D eigenvalue weighted by Gasteiger charge is -2.21. The van der Waals surface area contributed by atoms with Crippen molar-refractivity contribution in [3.63, 3.8) is 0 Å². The smallest absolute Gasteiger partial charge is 0.0360 e. The molecule has 0 spiro atoms. The molecule has 0 heterocycles. The zero-order valence-electron chi connectivity index (χ0n) is 8.43. The average Bonchev–Trinajstić information content (AvgIpc) is 2.28. The van der Waals surface area contributed by atoms with E-state index >= 15 is 0 Å². The summed E-state index contributed by atoms with van der Waals surface area (Å²) in [5.41, 5.74) is 0. The fourth-order valence-corrected chi connectivity index (χ4v) is 2.70. The largest absolute Gasteiger partial charge is 0.0651 e. The second kappa shape index (κ2) is 3.60. The van der Waals surface area contributed by atoms with E-state index in [1.54, 1.807) is 0 Å². The first-order valence-electron chi connectivity index (χ1n) is 5.15. The molecule has 0 radical (unpaired) electrons. The van der Waals surface area contributed by atoms with Gasteiger partial charge in [-0.3, -0.25) is 0 Å². The zero-order chi connectivity index (χ0) is 8.43. The minimum Gasteiger partial charge on any atom is -0.0651 e. The van der Waals surface area contributed by atoms with Gasteiger partial charge in [0.2, 0.25) is 0 Å². The van der Waals surface area contributed by atoms with Gasteiger partial charge in [-0.2, -0.15) is 0 Å². The van der Waals surface area contributed by atoms with E-state index < -0.39 is 0 Å². The van der Waals surface area contributed by atoms with Crippen LogP contribution in [0, 0.1) is 23.7 Å². The Morgan fingerprint density at radius 1 is 1.27 bits per heavy atom. The Labute approximate surface area is 71.4 Å². The Bertz CT molecular complexity index is 113. The van der Waals surface area contributed by atoms with Crippen LogP contribution in [0.4, 0.5) is 0 Å². The fourth-order valence-electron chi connectivity index (χ4n) is 2.70. The van der Waals surface area contributed by atoms with Crippen molar-refractivity contribution in [2.75, 3.05) is 0 Å². The first-order chi connectivity index (χ1) is 5.15. The van der Waals surface area contributed by atoms with E-state index in [1.165, 1.54) is 19.3 Å². The summed E-state index contributed by atoms with van der Waals surface area (Å²) in [6, 6.07) is 0. The molecule has 0 aromatic rings. The van der Waals surface area contributed by atoms with Gasteiger partial charge in [0.05, 0.1) is 0 Å². The summed E-state index contributed by atoms with van der Waals surface area (Å²) in [5, 5.41) is 0. The second-order valence-electron chi connectivity index (χ2n) is 4.60. The summed E-state index contributed by atoms with van der Waals surface area (Å²) >= 11 is 0. The van der Waals surface area contributed by atoms with Gasteiger partial charge in [0, 0.05) is 0 Å². The van der Waals surface area contributed by atoms with Crippen LogP contribution in [-0.2, 0) is 0 Å². The van der Waals surface area contributed by atoms with Gasteiger partial charge in [0.1, 0.15) is 0 Å². The quantitative estimate of drug-likeness (QED) is 0.568. The molecule has 11 heavy (non-hydrogen) atoms. The SMILES string of the molecule is CC[C@H](C)[C@@H]1CC(C)C[C@@H]1C. The highest BCUT2D eigenvalue weighted by Gasteiger charge is 2.31. The lowest BCUT2D eigenvalue weighted by molar-refractivity contribution is 0.286. The molecule has 0 amide bonds. The summed E-state index contributed by atoms with van der Waals surface area (Å²) in [7, 11) is 0. The monoisotopic (exact) mass is 154 g/mol. The Morgan fingerprint density at radius 3 is 2.27 bits per heavy atom. The van der Waals surface area contributed by atoms with Crippen LogP contribution in [-0.4, -0.2) is 0 Å². The Hall–Kier alpha value is 0. The van der Waals surface area contributed by atoms with Crippen molar-refractivity contribution in [2.24, 2.45) is 23.7 Å². The standard InChI is InChI=1S/C11H22/c1-5-9(3)11-7-8(2)6-10(11)4/h8-11H,5-7H2,1-4H3/t8?,9-,10-,11-/m0/s1. The number of hydrogen-bond acceptors (Lipinski definition) is 0. The molecular weight excluding hydrogens is 132 g/mol. The Morgan fingerprint density at radius 2 is 1.91 bits per heavy atom. The molecule has 1 rings (SSSR count). The van der Waals surface area contributed by atoms with Crippen LogP contribution >= 0.6 is 0 Å². The van der Waals surface area contributed by atoms with Crippen molar-refractivity contribution in [3.05, 3.63) is 0 Å². The molecule has 0 nitrogen and oxygen atoms in total. The number of rotatable bonds is 2. The van der Waals surface area contributed by atoms with E-state index in [1.807, 2.05) is 0 Å². The minimum atomic E-state index is 0.954. The van der Waals surface area contributed by atoms with Gasteiger partial charge in [-0.15, -0.1) is 0 Å². The lowest BCUT2D eigenvalue weighted by Crippen LogP contribution is -2.13. The van der Waals surface area contributed by atoms with Gasteiger partial charge in [0.25, 0.3) is 0 Å². The Balaban J connectivity index is 2.45. The summed E-state index contributed by atoms with van der Waals surface area (Å²) < 4.78 is 0. The van der Waals surface area contributed by atoms with E-state index in [0.717, 1.165) is 23.7 Å². The van der Waals surface area contributed by atoms with E-state index in [0.29, 0.717) is 0 Å². The van der Waals surface area contributed by atoms with Crippen molar-refractivity contribution in [3.8, 4) is 0 Å². The van der Waals surface area contributed by atoms with E-state index in [-0.39, 0.29) is 0 Å². The van der Waals surface area contributed by atoms with Crippen LogP contribution < -0.4 is 0 Å². The van der Waals surface area contributed by atoms with Gasteiger partial charge in [0.15, 0.2) is 0 Å². The molecule has 0 aromatic carbocycles. The molecule has 1 fully saturated rings. The van der Waals surface area contributed by atoms with Crippen LogP contribution in [0.25, 0.3) is 0 Å². The van der Waals surface area contributed by atoms with Crippen molar-refractivity contribution in [1.82, 2.24) is 0 Å². The van der Waals surface area contributed by atoms with E-state index in [4.69, 9.17) is 0 Å². The van der Waals surface area contributed by atoms with Crippen LogP contribution in [0.3, 0.4) is 0 Å². The van der Waals surface area contributed by atoms with Gasteiger partial charge in [-0.1, -0.05) is 34.1 Å². The molecule has 1 saturated carbocycles. The maximum absolute atomic E-state index is 2.43. The normalized spacial score (nSPS) is 40.9. The molecule has 0 aliphatic heterocycles. The molecule has 0 saturated heterocycles. The average molecular weight is 154 g/mol. The third-order valence-corrected chi connectivity index (χ3v) is 3.55. The van der Waals surface area contributed by atoms with Gasteiger partial charge in [-0.25, -0.2) is 0 Å². The highest BCUT2D eigenvalue weighted by atomic mass is 14.4. The summed E-state index contributed by atoms with van der Waals surface area (Å²) in [6.45, 7) is 9.57. The predicted molar refractivity (Wildman–Crippen MR) is 50.5 cm³/mol. The van der Waals surface area contributed by atoms with E-state index in [9.17, 15) is 0 Å². The maximum atomic E-state index is 2.43. The molecule has 1 aliphatic rings. The van der Waals surface area contributed by atoms with Crippen molar-refractivity contribution < 1.29 is 0 Å². The Kier molecular flexibility index (Phi) is 2.98. The maximum Gasteiger partial charge on any atom is -0.0360 e. The van der Waals surface area contributed by atoms with Crippen LogP contribution in [0.15, 0.2) is 0 Å². The van der Waals surface area contributed by atoms with Crippen molar-refractivity contribution in [1.29, 1.82) is 0 Å². The van der Waals surface area contributed by atoms with Crippen LogP contribution in [0.5, 0.6) is 0 Å². The molecule has 1 aliphatic carbocycles. The number of hydrogen-bond donors (Lipinski definition) is 0. The van der Waals surface area contributed by atoms with Gasteiger partial charge < -0.3 is 0 Å². The topological polar surface area (TPSA) is 0 Å². The van der Waals surface area contributed by atoms with Gasteiger partial charge >= 0.3 is 0 Å². The second-order valence-corrected chi connectivity index (χ2v) is 4.60. The molecule has 0 aromatic heterocycles. The molecule has 4 atom stereocenters. The third-order valence-electron chi connectivity index (χ3n) is 3.55. The predicted octanol–water partition coefficient (Wildman–Crippen LogP) is 3.71. The third kappa shape index (κ3) is 1.98. The molecule has 1 unspecified atom stereocenters. The molecule has 0 heteroatoms. The molecular formula is C11H22. The highest BCUT2D eigenvalue weighted by Crippen LogP contribution is 2.40. The van der Waals surface area contributed by atoms with Crippen LogP contribution in [0.1, 0.15) is 47.0 Å². The first-order valence-corrected chi connectivity index (χ1v) is 5.15. The molecule has 0 bridgehead atoms. The van der Waals surface area contributed by atoms with Crippen molar-refractivity contribution >= 4 is 0 Å². The molecule has 66 valence electrons. The minimum absolute atomic E-state index is 0.954. The lowest BCUT2D eigenvalue weighted by atomic mass is 9.84. The van der Waals surface area contributed by atoms with E-state index in [2.05, 4.69) is 27.7 Å². The van der Waals surface area contributed by atoms with Crippen LogP contribution in [0.2, 0.25) is 0 Å². The summed E-state index contributed by atoms with van der Waals surface area (Å²) in [4.78, 5) is 0. The summed E-state index contributed by atoms with van der Waals surface area (Å²) in [5.74, 6) is 3.95.